The van der Waals surface area contributed by atoms with Gasteiger partial charge in [0.2, 0.25) is 29.5 Å². The molecule has 2 heterocycles. The largest absolute Gasteiger partial charge is 0.377 e. The fraction of sp³-hybridized carbons (Fsp3) is 0.571. The van der Waals surface area contributed by atoms with Crippen molar-refractivity contribution in [1.82, 2.24) is 31.2 Å². The van der Waals surface area contributed by atoms with E-state index in [9.17, 15) is 24.0 Å². The Morgan fingerprint density at radius 2 is 1.26 bits per heavy atom. The summed E-state index contributed by atoms with van der Waals surface area (Å²) in [5.74, 6) is 0.0524. The minimum atomic E-state index is -0.827. The van der Waals surface area contributed by atoms with Crippen LogP contribution in [-0.2, 0) is 33.4 Å². The number of hydrogen-bond donors (Lipinski definition) is 5. The van der Waals surface area contributed by atoms with Crippen molar-refractivity contribution < 1.29 is 33.4 Å². The number of nitrogens with zero attached hydrogens (tertiary/aromatic N) is 2. The van der Waals surface area contributed by atoms with Crippen LogP contribution in [0.25, 0.3) is 0 Å². The van der Waals surface area contributed by atoms with E-state index < -0.39 is 17.9 Å². The van der Waals surface area contributed by atoms with Gasteiger partial charge in [0.1, 0.15) is 22.7 Å². The molecule has 0 unspecified atom stereocenters. The smallest absolute Gasteiger partial charge is 0.246 e. The van der Waals surface area contributed by atoms with E-state index in [0.717, 1.165) is 29.3 Å². The van der Waals surface area contributed by atoms with Gasteiger partial charge in [-0.3, -0.25) is 24.0 Å². The predicted octanol–water partition coefficient (Wildman–Crippen LogP) is 3.77. The van der Waals surface area contributed by atoms with E-state index in [4.69, 9.17) is 15.2 Å². The van der Waals surface area contributed by atoms with Crippen LogP contribution in [-0.4, -0.2) is 103 Å². The monoisotopic (exact) mass is 811 g/mol. The average Bonchev–Trinajstić information content (AvgIpc) is 3.16. The third-order valence-electron chi connectivity index (χ3n) is 7.29. The third-order valence-corrected chi connectivity index (χ3v) is 11.8. The molecule has 2 aromatic rings. The van der Waals surface area contributed by atoms with Crippen molar-refractivity contribution in [3.05, 3.63) is 48.8 Å². The molecule has 2 rings (SSSR count). The summed E-state index contributed by atoms with van der Waals surface area (Å²) in [6.45, 7) is 3.74. The first-order valence-corrected chi connectivity index (χ1v) is 22.3. The fourth-order valence-corrected chi connectivity index (χ4v) is 8.14. The Morgan fingerprint density at radius 3 is 1.81 bits per heavy atom. The average molecular weight is 812 g/mol. The van der Waals surface area contributed by atoms with Gasteiger partial charge in [0, 0.05) is 62.3 Å². The van der Waals surface area contributed by atoms with Gasteiger partial charge < -0.3 is 36.5 Å². The lowest BCUT2D eigenvalue weighted by Crippen LogP contribution is -2.45. The second kappa shape index (κ2) is 30.3. The van der Waals surface area contributed by atoms with Gasteiger partial charge in [-0.05, 0) is 78.0 Å². The lowest BCUT2D eigenvalue weighted by Gasteiger charge is -2.15. The number of unbranched alkanes of at least 4 members (excludes halogenated alkanes) is 2. The number of amides is 5. The molecule has 0 saturated heterocycles. The van der Waals surface area contributed by atoms with Gasteiger partial charge in [-0.15, -0.1) is 0 Å². The predicted molar refractivity (Wildman–Crippen MR) is 213 cm³/mol. The summed E-state index contributed by atoms with van der Waals surface area (Å²) in [7, 11) is 6.26. The Labute approximate surface area is 328 Å². The van der Waals surface area contributed by atoms with Gasteiger partial charge in [-0.1, -0.05) is 47.1 Å². The van der Waals surface area contributed by atoms with Gasteiger partial charge in [-0.25, -0.2) is 9.97 Å². The van der Waals surface area contributed by atoms with Crippen LogP contribution < -0.4 is 27.0 Å². The van der Waals surface area contributed by atoms with Crippen molar-refractivity contribution in [2.75, 3.05) is 57.6 Å². The van der Waals surface area contributed by atoms with E-state index in [0.29, 0.717) is 69.9 Å². The van der Waals surface area contributed by atoms with Crippen LogP contribution in [0.2, 0.25) is 0 Å². The molecule has 0 aliphatic heterocycles. The second-order valence-corrected chi connectivity index (χ2v) is 16.6. The summed E-state index contributed by atoms with van der Waals surface area (Å²) in [5.41, 5.74) is 5.46. The molecule has 0 aliphatic carbocycles. The molecule has 6 N–H and O–H groups in total. The number of carbonyl (C=O) groups is 5. The van der Waals surface area contributed by atoms with Gasteiger partial charge in [0.15, 0.2) is 0 Å². The number of nitrogens with one attached hydrogen (secondary N) is 4. The molecule has 0 spiro atoms. The minimum absolute atomic E-state index is 0.0239. The van der Waals surface area contributed by atoms with Crippen molar-refractivity contribution in [2.45, 2.75) is 74.4 Å². The first kappa shape index (κ1) is 46.1. The maximum Gasteiger partial charge on any atom is 0.246 e. The zero-order valence-corrected chi connectivity index (χ0v) is 33.5. The topological polar surface area (TPSA) is 204 Å². The second-order valence-electron chi connectivity index (χ2n) is 11.7. The van der Waals surface area contributed by atoms with Crippen molar-refractivity contribution in [3.8, 4) is 0 Å². The van der Waals surface area contributed by atoms with Gasteiger partial charge in [0.05, 0.1) is 19.8 Å². The summed E-state index contributed by atoms with van der Waals surface area (Å²) in [4.78, 5) is 68.9. The standard InChI is InChI=1S/C35H53N7O7S4/c1-27(10-2-6-16-37-29(43)14-24-50-52-32-12-4-8-18-39-32)35(47)41-20-21-48-22-23-49-26-31(45)42-28(34(36)46)11-3-7-17-38-30(44)15-25-51-53-33-13-5-9-19-40-33/h4-5,8-9,12-13,18-19,27-28H,2-3,6-7,10-11,14-17,20-26H2,1H3,(H2,36,46)(H,37,43)(H,38,44)(H,41,47)(H,42,45)/t27-,28-/m0/s1. The SMILES string of the molecule is C[C@@H](CCCCNC(=O)CCSSc1ccccn1)C(=O)NCCOCCOCC(=O)N[C@@H](CCCCNC(=O)CCSSc1ccccn1)C(N)=O. The molecule has 0 aliphatic rings. The Hall–Kier alpha value is -3.03. The number of carbonyl (C=O) groups excluding carboxylic acids is 5. The summed E-state index contributed by atoms with van der Waals surface area (Å²) < 4.78 is 10.8. The van der Waals surface area contributed by atoms with Crippen LogP contribution in [0, 0.1) is 5.92 Å². The molecule has 0 radical (unpaired) electrons. The van der Waals surface area contributed by atoms with E-state index in [1.54, 1.807) is 44.8 Å². The van der Waals surface area contributed by atoms with Crippen molar-refractivity contribution in [2.24, 2.45) is 11.7 Å². The first-order valence-electron chi connectivity index (χ1n) is 17.7. The number of aromatic nitrogens is 2. The van der Waals surface area contributed by atoms with Gasteiger partial charge >= 0.3 is 0 Å². The van der Waals surface area contributed by atoms with Crippen LogP contribution in [0.1, 0.15) is 58.3 Å². The Kier molecular flexibility index (Phi) is 26.4. The van der Waals surface area contributed by atoms with Crippen LogP contribution in [0.3, 0.4) is 0 Å². The Balaban J connectivity index is 1.38. The molecule has 2 atom stereocenters. The van der Waals surface area contributed by atoms with Crippen molar-refractivity contribution in [1.29, 1.82) is 0 Å². The lowest BCUT2D eigenvalue weighted by molar-refractivity contribution is -0.131. The molecule has 0 saturated carbocycles. The van der Waals surface area contributed by atoms with Gasteiger partial charge in [0.25, 0.3) is 0 Å². The molecule has 294 valence electrons. The molecular formula is C35H53N7O7S4. The fourth-order valence-electron chi connectivity index (χ4n) is 4.41. The van der Waals surface area contributed by atoms with Crippen LogP contribution in [0.15, 0.2) is 58.8 Å². The first-order chi connectivity index (χ1) is 25.7. The van der Waals surface area contributed by atoms with Crippen molar-refractivity contribution in [3.63, 3.8) is 0 Å². The molecule has 0 bridgehead atoms. The lowest BCUT2D eigenvalue weighted by atomic mass is 10.0. The molecule has 2 aromatic heterocycles. The summed E-state index contributed by atoms with van der Waals surface area (Å²) >= 11 is 0. The highest BCUT2D eigenvalue weighted by Gasteiger charge is 2.18. The van der Waals surface area contributed by atoms with E-state index in [1.165, 1.54) is 10.8 Å². The highest BCUT2D eigenvalue weighted by molar-refractivity contribution is 8.77. The number of nitrogens with two attached hydrogens (primary N) is 1. The van der Waals surface area contributed by atoms with Crippen LogP contribution in [0.5, 0.6) is 0 Å². The van der Waals surface area contributed by atoms with Crippen LogP contribution in [0.4, 0.5) is 0 Å². The molecule has 5 amide bonds. The highest BCUT2D eigenvalue weighted by Crippen LogP contribution is 2.30. The molecule has 14 nitrogen and oxygen atoms in total. The van der Waals surface area contributed by atoms with Crippen molar-refractivity contribution >= 4 is 72.7 Å². The number of pyridine rings is 2. The normalized spacial score (nSPS) is 12.0. The van der Waals surface area contributed by atoms with Gasteiger partial charge in [-0.2, -0.15) is 0 Å². The maximum absolute atomic E-state index is 12.4. The molecule has 18 heteroatoms. The quantitative estimate of drug-likeness (QED) is 0.0545. The number of primary amides is 1. The Morgan fingerprint density at radius 1 is 0.698 bits per heavy atom. The zero-order chi connectivity index (χ0) is 38.4. The van der Waals surface area contributed by atoms with E-state index in [1.807, 2.05) is 43.3 Å². The summed E-state index contributed by atoms with van der Waals surface area (Å²) in [5, 5.41) is 13.1. The summed E-state index contributed by atoms with van der Waals surface area (Å²) in [6.07, 6.45) is 8.26. The highest BCUT2D eigenvalue weighted by atomic mass is 33.1. The van der Waals surface area contributed by atoms with E-state index in [2.05, 4.69) is 31.2 Å². The zero-order valence-electron chi connectivity index (χ0n) is 30.3. The maximum atomic E-state index is 12.4. The molecule has 0 fully saturated rings. The number of ether oxygens (including phenoxy) is 2. The Bertz CT molecular complexity index is 1340. The molecular weight excluding hydrogens is 759 g/mol. The van der Waals surface area contributed by atoms with Crippen LogP contribution >= 0.6 is 43.2 Å². The third kappa shape index (κ3) is 24.8. The molecule has 0 aromatic carbocycles. The number of rotatable bonds is 31. The number of hydrogen-bond acceptors (Lipinski definition) is 13. The molecule has 53 heavy (non-hydrogen) atoms. The minimum Gasteiger partial charge on any atom is -0.377 e. The summed E-state index contributed by atoms with van der Waals surface area (Å²) in [6, 6.07) is 10.6. The van der Waals surface area contributed by atoms with E-state index >= 15 is 0 Å². The van der Waals surface area contributed by atoms with E-state index in [-0.39, 0.29) is 43.5 Å².